The highest BCUT2D eigenvalue weighted by molar-refractivity contribution is 9.10. The van der Waals surface area contributed by atoms with Gasteiger partial charge in [-0.25, -0.2) is 0 Å². The van der Waals surface area contributed by atoms with Gasteiger partial charge in [-0.1, -0.05) is 24.3 Å². The standard InChI is InChI=1S/C17H18BrNO/c1-12-6-9-17(15(18)10-12)20-14-8-7-13-4-2-3-5-16(13)19-11-14/h2-6,9-10,14,19H,7-8,11H2,1H3. The van der Waals surface area contributed by atoms with Crippen molar-refractivity contribution in [2.75, 3.05) is 11.9 Å². The number of ether oxygens (including phenoxy) is 1. The maximum absolute atomic E-state index is 6.14. The molecule has 20 heavy (non-hydrogen) atoms. The fourth-order valence-electron chi connectivity index (χ4n) is 2.53. The summed E-state index contributed by atoms with van der Waals surface area (Å²) >= 11 is 3.58. The summed E-state index contributed by atoms with van der Waals surface area (Å²) in [6.45, 7) is 2.93. The van der Waals surface area contributed by atoms with E-state index in [-0.39, 0.29) is 6.10 Å². The van der Waals surface area contributed by atoms with Gasteiger partial charge in [0.05, 0.1) is 11.0 Å². The van der Waals surface area contributed by atoms with Crippen LogP contribution in [0.3, 0.4) is 0 Å². The Labute approximate surface area is 128 Å². The monoisotopic (exact) mass is 331 g/mol. The molecule has 1 atom stereocenters. The molecule has 3 rings (SSSR count). The van der Waals surface area contributed by atoms with Crippen LogP contribution in [0.15, 0.2) is 46.9 Å². The van der Waals surface area contributed by atoms with Crippen LogP contribution in [0.25, 0.3) is 0 Å². The van der Waals surface area contributed by atoms with E-state index in [0.29, 0.717) is 0 Å². The molecule has 2 nitrogen and oxygen atoms in total. The van der Waals surface area contributed by atoms with Crippen molar-refractivity contribution in [3.8, 4) is 5.75 Å². The lowest BCUT2D eigenvalue weighted by Gasteiger charge is -2.18. The number of halogens is 1. The fraction of sp³-hybridized carbons (Fsp3) is 0.294. The summed E-state index contributed by atoms with van der Waals surface area (Å²) in [5.41, 5.74) is 3.85. The highest BCUT2D eigenvalue weighted by Crippen LogP contribution is 2.29. The Kier molecular flexibility index (Phi) is 3.97. The number of hydrogen-bond donors (Lipinski definition) is 1. The average molecular weight is 332 g/mol. The average Bonchev–Trinajstić information content (AvgIpc) is 2.65. The Morgan fingerprint density at radius 2 is 2.05 bits per heavy atom. The first-order chi connectivity index (χ1) is 9.72. The summed E-state index contributed by atoms with van der Waals surface area (Å²) in [6, 6.07) is 14.7. The first kappa shape index (κ1) is 13.5. The number of hydrogen-bond acceptors (Lipinski definition) is 2. The quantitative estimate of drug-likeness (QED) is 0.870. The minimum absolute atomic E-state index is 0.196. The minimum atomic E-state index is 0.196. The van der Waals surface area contributed by atoms with Gasteiger partial charge < -0.3 is 10.1 Å². The molecule has 0 bridgehead atoms. The van der Waals surface area contributed by atoms with E-state index < -0.39 is 0 Å². The number of anilines is 1. The lowest BCUT2D eigenvalue weighted by atomic mass is 10.1. The fourth-order valence-corrected chi connectivity index (χ4v) is 3.12. The maximum Gasteiger partial charge on any atom is 0.134 e. The highest BCUT2D eigenvalue weighted by atomic mass is 79.9. The van der Waals surface area contributed by atoms with Gasteiger partial charge in [0.1, 0.15) is 11.9 Å². The zero-order valence-corrected chi connectivity index (χ0v) is 13.1. The predicted octanol–water partition coefficient (Wildman–Crippen LogP) is 4.56. The van der Waals surface area contributed by atoms with E-state index in [4.69, 9.17) is 4.74 Å². The van der Waals surface area contributed by atoms with Gasteiger partial charge in [-0.15, -0.1) is 0 Å². The summed E-state index contributed by atoms with van der Waals surface area (Å²) in [6.07, 6.45) is 2.28. The van der Waals surface area contributed by atoms with Gasteiger partial charge in [0.15, 0.2) is 0 Å². The Morgan fingerprint density at radius 1 is 1.20 bits per heavy atom. The van der Waals surface area contributed by atoms with Gasteiger partial charge in [0, 0.05) is 5.69 Å². The number of fused-ring (bicyclic) bond motifs is 1. The van der Waals surface area contributed by atoms with Crippen molar-refractivity contribution in [3.63, 3.8) is 0 Å². The first-order valence-electron chi connectivity index (χ1n) is 6.97. The van der Waals surface area contributed by atoms with E-state index in [2.05, 4.69) is 64.6 Å². The summed E-state index contributed by atoms with van der Waals surface area (Å²) in [7, 11) is 0. The largest absolute Gasteiger partial charge is 0.487 e. The highest BCUT2D eigenvalue weighted by Gasteiger charge is 2.17. The van der Waals surface area contributed by atoms with Crippen LogP contribution in [-0.2, 0) is 6.42 Å². The number of para-hydroxylation sites is 1. The van der Waals surface area contributed by atoms with Crippen LogP contribution in [0.4, 0.5) is 5.69 Å². The van der Waals surface area contributed by atoms with Gasteiger partial charge in [0.25, 0.3) is 0 Å². The molecule has 1 aliphatic heterocycles. The summed E-state index contributed by atoms with van der Waals surface area (Å²) in [5.74, 6) is 0.924. The van der Waals surface area contributed by atoms with E-state index in [0.717, 1.165) is 29.6 Å². The number of aryl methyl sites for hydroxylation is 2. The van der Waals surface area contributed by atoms with E-state index >= 15 is 0 Å². The molecule has 0 fully saturated rings. The van der Waals surface area contributed by atoms with Crippen molar-refractivity contribution >= 4 is 21.6 Å². The summed E-state index contributed by atoms with van der Waals surface area (Å²) < 4.78 is 7.17. The summed E-state index contributed by atoms with van der Waals surface area (Å²) in [5, 5.41) is 3.49. The van der Waals surface area contributed by atoms with Crippen LogP contribution in [0.5, 0.6) is 5.75 Å². The Balaban J connectivity index is 1.71. The molecule has 0 saturated heterocycles. The number of nitrogens with one attached hydrogen (secondary N) is 1. The topological polar surface area (TPSA) is 21.3 Å². The molecule has 0 amide bonds. The molecule has 2 aromatic rings. The van der Waals surface area contributed by atoms with Gasteiger partial charge in [0.2, 0.25) is 0 Å². The Morgan fingerprint density at radius 3 is 2.90 bits per heavy atom. The van der Waals surface area contributed by atoms with Crippen molar-refractivity contribution in [1.29, 1.82) is 0 Å². The molecule has 1 heterocycles. The van der Waals surface area contributed by atoms with E-state index in [9.17, 15) is 0 Å². The van der Waals surface area contributed by atoms with E-state index in [1.165, 1.54) is 16.8 Å². The molecule has 1 N–H and O–H groups in total. The number of rotatable bonds is 2. The molecule has 0 radical (unpaired) electrons. The lowest BCUT2D eigenvalue weighted by Crippen LogP contribution is -2.25. The molecule has 104 valence electrons. The molecular weight excluding hydrogens is 314 g/mol. The van der Waals surface area contributed by atoms with Crippen LogP contribution >= 0.6 is 15.9 Å². The third-order valence-electron chi connectivity index (χ3n) is 3.65. The lowest BCUT2D eigenvalue weighted by molar-refractivity contribution is 0.205. The third-order valence-corrected chi connectivity index (χ3v) is 4.27. The third kappa shape index (κ3) is 2.98. The molecule has 0 aromatic heterocycles. The van der Waals surface area contributed by atoms with Crippen LogP contribution in [0.1, 0.15) is 17.5 Å². The molecule has 0 spiro atoms. The van der Waals surface area contributed by atoms with Crippen molar-refractivity contribution in [1.82, 2.24) is 0 Å². The minimum Gasteiger partial charge on any atom is -0.487 e. The Hall–Kier alpha value is -1.48. The zero-order chi connectivity index (χ0) is 13.9. The molecule has 1 unspecified atom stereocenters. The Bertz CT molecular complexity index is 585. The number of benzene rings is 2. The first-order valence-corrected chi connectivity index (χ1v) is 7.76. The van der Waals surface area contributed by atoms with E-state index in [1.54, 1.807) is 0 Å². The second-order valence-corrected chi connectivity index (χ2v) is 6.10. The predicted molar refractivity (Wildman–Crippen MR) is 86.5 cm³/mol. The van der Waals surface area contributed by atoms with Gasteiger partial charge in [-0.2, -0.15) is 0 Å². The van der Waals surface area contributed by atoms with E-state index in [1.807, 2.05) is 6.07 Å². The molecule has 0 aliphatic carbocycles. The van der Waals surface area contributed by atoms with Gasteiger partial charge in [-0.3, -0.25) is 0 Å². The van der Waals surface area contributed by atoms with Gasteiger partial charge in [-0.05, 0) is 65.0 Å². The second-order valence-electron chi connectivity index (χ2n) is 5.25. The van der Waals surface area contributed by atoms with Crippen LogP contribution in [-0.4, -0.2) is 12.6 Å². The van der Waals surface area contributed by atoms with Crippen molar-refractivity contribution in [2.45, 2.75) is 25.9 Å². The van der Waals surface area contributed by atoms with Crippen LogP contribution in [0, 0.1) is 6.92 Å². The van der Waals surface area contributed by atoms with Gasteiger partial charge >= 0.3 is 0 Å². The molecule has 0 saturated carbocycles. The summed E-state index contributed by atoms with van der Waals surface area (Å²) in [4.78, 5) is 0. The van der Waals surface area contributed by atoms with Crippen LogP contribution in [0.2, 0.25) is 0 Å². The van der Waals surface area contributed by atoms with Crippen molar-refractivity contribution in [3.05, 3.63) is 58.1 Å². The van der Waals surface area contributed by atoms with Crippen LogP contribution < -0.4 is 10.1 Å². The molecular formula is C17H18BrNO. The van der Waals surface area contributed by atoms with Crippen molar-refractivity contribution < 1.29 is 4.74 Å². The zero-order valence-electron chi connectivity index (χ0n) is 11.5. The maximum atomic E-state index is 6.14. The SMILES string of the molecule is Cc1ccc(OC2CCc3ccccc3NC2)c(Br)c1. The normalized spacial score (nSPS) is 17.8. The van der Waals surface area contributed by atoms with Crippen molar-refractivity contribution in [2.24, 2.45) is 0 Å². The molecule has 3 heteroatoms. The smallest absolute Gasteiger partial charge is 0.134 e. The molecule has 2 aromatic carbocycles. The molecule has 1 aliphatic rings. The second kappa shape index (κ2) is 5.88.